The zero-order valence-corrected chi connectivity index (χ0v) is 34.2. The van der Waals surface area contributed by atoms with E-state index < -0.39 is 29.2 Å². The van der Waals surface area contributed by atoms with Crippen LogP contribution < -0.4 is 0 Å². The van der Waals surface area contributed by atoms with Gasteiger partial charge in [0.1, 0.15) is 0 Å². The van der Waals surface area contributed by atoms with Crippen LogP contribution in [0.2, 0.25) is 0 Å². The molecule has 6 heteroatoms. The maximum Gasteiger partial charge on any atom is 0.324 e. The van der Waals surface area contributed by atoms with Crippen LogP contribution in [-0.2, 0) is 28.6 Å². The van der Waals surface area contributed by atoms with E-state index in [1.165, 1.54) is 135 Å². The molecule has 1 saturated carbocycles. The third-order valence-corrected chi connectivity index (χ3v) is 11.1. The van der Waals surface area contributed by atoms with Crippen LogP contribution in [-0.4, -0.2) is 37.7 Å². The summed E-state index contributed by atoms with van der Waals surface area (Å²) in [5.74, 6) is -2.42. The number of unbranched alkanes of at least 4 members (excludes halogenated alkanes) is 27. The molecule has 0 aliphatic heterocycles. The van der Waals surface area contributed by atoms with Crippen molar-refractivity contribution in [1.29, 1.82) is 0 Å². The SMILES string of the molecule is CCCCCCCCCCCCOC(=O)C1CCCCC1(C(=O)OCCCCCCCCCCCC)C(=O)OCCCCCCCCCCCC. The number of ether oxygens (including phenoxy) is 3. The van der Waals surface area contributed by atoms with Gasteiger partial charge in [-0.05, 0) is 32.1 Å². The van der Waals surface area contributed by atoms with Crippen LogP contribution in [0.1, 0.15) is 239 Å². The number of hydrogen-bond donors (Lipinski definition) is 0. The molecule has 300 valence electrons. The quantitative estimate of drug-likeness (QED) is 0.0277. The molecule has 0 heterocycles. The van der Waals surface area contributed by atoms with Gasteiger partial charge < -0.3 is 14.2 Å². The van der Waals surface area contributed by atoms with Gasteiger partial charge in [0.25, 0.3) is 0 Å². The second-order valence-corrected chi connectivity index (χ2v) is 15.8. The van der Waals surface area contributed by atoms with E-state index in [2.05, 4.69) is 20.8 Å². The Morgan fingerprint density at radius 2 is 0.706 bits per heavy atom. The molecule has 0 aromatic heterocycles. The molecule has 0 aromatic carbocycles. The predicted octanol–water partition coefficient (Wildman–Crippen LogP) is 13.6. The molecule has 0 saturated heterocycles. The van der Waals surface area contributed by atoms with E-state index in [4.69, 9.17) is 14.2 Å². The average molecular weight is 721 g/mol. The van der Waals surface area contributed by atoms with E-state index in [9.17, 15) is 14.4 Å². The molecule has 0 radical (unpaired) electrons. The predicted molar refractivity (Wildman–Crippen MR) is 213 cm³/mol. The second-order valence-electron chi connectivity index (χ2n) is 15.8. The highest BCUT2D eigenvalue weighted by Gasteiger charge is 2.59. The van der Waals surface area contributed by atoms with Crippen LogP contribution in [0.5, 0.6) is 0 Å². The van der Waals surface area contributed by atoms with Crippen molar-refractivity contribution < 1.29 is 28.6 Å². The van der Waals surface area contributed by atoms with Crippen LogP contribution in [0, 0.1) is 11.3 Å². The smallest absolute Gasteiger partial charge is 0.324 e. The molecule has 1 unspecified atom stereocenters. The summed E-state index contributed by atoms with van der Waals surface area (Å²) in [4.78, 5) is 41.3. The molecule has 0 bridgehead atoms. The van der Waals surface area contributed by atoms with Gasteiger partial charge in [-0.15, -0.1) is 0 Å². The lowest BCUT2D eigenvalue weighted by molar-refractivity contribution is -0.187. The molecule has 0 aromatic rings. The molecule has 51 heavy (non-hydrogen) atoms. The lowest BCUT2D eigenvalue weighted by atomic mass is 9.66. The fraction of sp³-hybridized carbons (Fsp3) is 0.933. The lowest BCUT2D eigenvalue weighted by Gasteiger charge is -2.38. The van der Waals surface area contributed by atoms with Gasteiger partial charge in [-0.1, -0.05) is 207 Å². The Hall–Kier alpha value is -1.59. The van der Waals surface area contributed by atoms with Gasteiger partial charge in [-0.2, -0.15) is 0 Å². The van der Waals surface area contributed by atoms with Gasteiger partial charge in [0, 0.05) is 0 Å². The topological polar surface area (TPSA) is 78.9 Å². The zero-order valence-electron chi connectivity index (χ0n) is 34.2. The van der Waals surface area contributed by atoms with Gasteiger partial charge in [-0.3, -0.25) is 14.4 Å². The van der Waals surface area contributed by atoms with Crippen LogP contribution >= 0.6 is 0 Å². The highest BCUT2D eigenvalue weighted by molar-refractivity contribution is 6.04. The first kappa shape index (κ1) is 47.4. The largest absolute Gasteiger partial charge is 0.465 e. The first-order chi connectivity index (χ1) is 25.0. The number of carbonyl (C=O) groups is 3. The van der Waals surface area contributed by atoms with Gasteiger partial charge in [0.15, 0.2) is 5.41 Å². The zero-order chi connectivity index (χ0) is 37.1. The molecule has 1 atom stereocenters. The second kappa shape index (κ2) is 34.2. The minimum Gasteiger partial charge on any atom is -0.465 e. The molecule has 1 fully saturated rings. The molecule has 6 nitrogen and oxygen atoms in total. The van der Waals surface area contributed by atoms with Crippen molar-refractivity contribution in [2.24, 2.45) is 11.3 Å². The minimum atomic E-state index is -1.59. The van der Waals surface area contributed by atoms with Crippen molar-refractivity contribution in [1.82, 2.24) is 0 Å². The minimum absolute atomic E-state index is 0.281. The number of hydrogen-bond acceptors (Lipinski definition) is 6. The molecular weight excluding hydrogens is 636 g/mol. The van der Waals surface area contributed by atoms with Crippen LogP contribution in [0.15, 0.2) is 0 Å². The van der Waals surface area contributed by atoms with Crippen molar-refractivity contribution >= 4 is 17.9 Å². The lowest BCUT2D eigenvalue weighted by Crippen LogP contribution is -2.52. The Morgan fingerprint density at radius 3 is 1.04 bits per heavy atom. The summed E-state index contributed by atoms with van der Waals surface area (Å²) in [5, 5.41) is 0. The number of rotatable bonds is 36. The highest BCUT2D eigenvalue weighted by Crippen LogP contribution is 2.44. The maximum atomic E-state index is 13.9. The van der Waals surface area contributed by atoms with Crippen molar-refractivity contribution in [3.05, 3.63) is 0 Å². The van der Waals surface area contributed by atoms with E-state index in [0.29, 0.717) is 25.9 Å². The van der Waals surface area contributed by atoms with E-state index in [1.54, 1.807) is 0 Å². The molecule has 0 spiro atoms. The summed E-state index contributed by atoms with van der Waals surface area (Å²) in [6.07, 6.45) is 38.2. The maximum absolute atomic E-state index is 13.9. The van der Waals surface area contributed by atoms with Gasteiger partial charge in [0.2, 0.25) is 0 Å². The molecule has 1 aliphatic rings. The fourth-order valence-corrected chi connectivity index (χ4v) is 7.69. The number of esters is 3. The first-order valence-electron chi connectivity index (χ1n) is 22.6. The van der Waals surface area contributed by atoms with E-state index in [0.717, 1.165) is 64.2 Å². The molecule has 1 rings (SSSR count). The van der Waals surface area contributed by atoms with Gasteiger partial charge in [-0.25, -0.2) is 0 Å². The highest BCUT2D eigenvalue weighted by atomic mass is 16.6. The summed E-state index contributed by atoms with van der Waals surface area (Å²) >= 11 is 0. The van der Waals surface area contributed by atoms with Crippen molar-refractivity contribution in [2.75, 3.05) is 19.8 Å². The van der Waals surface area contributed by atoms with Crippen molar-refractivity contribution in [2.45, 2.75) is 239 Å². The summed E-state index contributed by atoms with van der Waals surface area (Å²) < 4.78 is 17.4. The Balaban J connectivity index is 2.62. The molecule has 1 aliphatic carbocycles. The van der Waals surface area contributed by atoms with Crippen molar-refractivity contribution in [3.63, 3.8) is 0 Å². The Morgan fingerprint density at radius 1 is 0.412 bits per heavy atom. The molecule has 0 N–H and O–H groups in total. The van der Waals surface area contributed by atoms with Crippen molar-refractivity contribution in [3.8, 4) is 0 Å². The summed E-state index contributed by atoms with van der Waals surface area (Å²) in [6, 6.07) is 0. The summed E-state index contributed by atoms with van der Waals surface area (Å²) in [7, 11) is 0. The Bertz CT molecular complexity index is 788. The third-order valence-electron chi connectivity index (χ3n) is 11.1. The molecule has 0 amide bonds. The number of carbonyl (C=O) groups excluding carboxylic acids is 3. The van der Waals surface area contributed by atoms with E-state index in [-0.39, 0.29) is 13.2 Å². The van der Waals surface area contributed by atoms with E-state index >= 15 is 0 Å². The summed E-state index contributed by atoms with van der Waals surface area (Å²) in [5.41, 5.74) is -1.59. The van der Waals surface area contributed by atoms with Crippen LogP contribution in [0.3, 0.4) is 0 Å². The first-order valence-corrected chi connectivity index (χ1v) is 22.6. The fourth-order valence-electron chi connectivity index (χ4n) is 7.69. The van der Waals surface area contributed by atoms with Crippen LogP contribution in [0.4, 0.5) is 0 Å². The standard InChI is InChI=1S/C45H84O6/c1-4-7-10-13-16-19-22-25-28-33-38-49-42(46)41-36-31-32-37-45(41,43(47)50-39-34-29-26-23-20-17-14-11-8-5-2)44(48)51-40-35-30-27-24-21-18-15-12-9-6-3/h41H,4-40H2,1-3H3. The average Bonchev–Trinajstić information content (AvgIpc) is 3.14. The van der Waals surface area contributed by atoms with Gasteiger partial charge >= 0.3 is 17.9 Å². The van der Waals surface area contributed by atoms with E-state index in [1.807, 2.05) is 0 Å². The Labute approximate surface area is 316 Å². The Kier molecular flexibility index (Phi) is 31.8. The monoisotopic (exact) mass is 721 g/mol. The van der Waals surface area contributed by atoms with Gasteiger partial charge in [0.05, 0.1) is 25.7 Å². The molecular formula is C45H84O6. The summed E-state index contributed by atoms with van der Waals surface area (Å²) in [6.45, 7) is 7.64. The normalized spacial score (nSPS) is 15.5. The third kappa shape index (κ3) is 22.9. The van der Waals surface area contributed by atoms with Crippen LogP contribution in [0.25, 0.3) is 0 Å².